The minimum atomic E-state index is 1.10. The third kappa shape index (κ3) is 1.56. The summed E-state index contributed by atoms with van der Waals surface area (Å²) in [6.07, 6.45) is 4.42. The average molecular weight is 124 g/mol. The van der Waals surface area contributed by atoms with E-state index in [0.29, 0.717) is 0 Å². The van der Waals surface area contributed by atoms with Crippen LogP contribution in [0.5, 0.6) is 0 Å². The minimum absolute atomic E-state index is 1.10. The molecule has 50 valence electrons. The fourth-order valence-electron chi connectivity index (χ4n) is 0.986. The second kappa shape index (κ2) is 2.67. The zero-order valence-electron chi connectivity index (χ0n) is 5.94. The van der Waals surface area contributed by atoms with E-state index in [1.54, 1.807) is 0 Å². The van der Waals surface area contributed by atoms with Crippen LogP contribution in [0.1, 0.15) is 19.8 Å². The van der Waals surface area contributed by atoms with Gasteiger partial charge in [-0.05, 0) is 25.8 Å². The molecule has 1 rings (SSSR count). The van der Waals surface area contributed by atoms with Crippen LogP contribution in [0.25, 0.3) is 0 Å². The Hall–Kier alpha value is -0.790. The van der Waals surface area contributed by atoms with Gasteiger partial charge in [0.1, 0.15) is 0 Å². The molecule has 0 radical (unpaired) electrons. The van der Waals surface area contributed by atoms with Gasteiger partial charge in [0.05, 0.1) is 5.71 Å². The van der Waals surface area contributed by atoms with Gasteiger partial charge in [-0.3, -0.25) is 0 Å². The molecule has 0 aromatic carbocycles. The Labute approximate surface area is 55.6 Å². The van der Waals surface area contributed by atoms with E-state index in [4.69, 9.17) is 0 Å². The molecule has 1 aliphatic rings. The number of allylic oxidation sites excluding steroid dienone is 2. The van der Waals surface area contributed by atoms with Crippen LogP contribution in [0.3, 0.4) is 0 Å². The summed E-state index contributed by atoms with van der Waals surface area (Å²) >= 11 is 0. The normalized spacial score (nSPS) is 22.4. The number of rotatable bonds is 1. The van der Waals surface area contributed by atoms with Crippen molar-refractivity contribution in [3.8, 4) is 0 Å². The van der Waals surface area contributed by atoms with E-state index in [1.807, 2.05) is 7.05 Å². The first-order valence-electron chi connectivity index (χ1n) is 3.23. The third-order valence-corrected chi connectivity index (χ3v) is 1.44. The van der Waals surface area contributed by atoms with Crippen molar-refractivity contribution in [2.24, 2.45) is 5.10 Å². The lowest BCUT2D eigenvalue weighted by atomic mass is 10.3. The highest BCUT2D eigenvalue weighted by Crippen LogP contribution is 2.13. The zero-order chi connectivity index (χ0) is 6.69. The second-order valence-electron chi connectivity index (χ2n) is 2.32. The van der Waals surface area contributed by atoms with E-state index in [-0.39, 0.29) is 0 Å². The fraction of sp³-hybridized carbons (Fsp3) is 0.571. The molecule has 0 aromatic heterocycles. The molecule has 1 aliphatic carbocycles. The second-order valence-corrected chi connectivity index (χ2v) is 2.32. The van der Waals surface area contributed by atoms with Gasteiger partial charge in [0.25, 0.3) is 0 Å². The van der Waals surface area contributed by atoms with Crippen molar-refractivity contribution >= 4 is 5.71 Å². The first-order chi connectivity index (χ1) is 4.33. The molecule has 0 unspecified atom stereocenters. The predicted octanol–water partition coefficient (Wildman–Crippen LogP) is 1.30. The highest BCUT2D eigenvalue weighted by atomic mass is 15.3. The smallest absolute Gasteiger partial charge is 0.0605 e. The topological polar surface area (TPSA) is 24.4 Å². The Kier molecular flexibility index (Phi) is 1.88. The quantitative estimate of drug-likeness (QED) is 0.523. The van der Waals surface area contributed by atoms with Crippen LogP contribution in [0.2, 0.25) is 0 Å². The van der Waals surface area contributed by atoms with E-state index < -0.39 is 0 Å². The van der Waals surface area contributed by atoms with E-state index >= 15 is 0 Å². The van der Waals surface area contributed by atoms with Gasteiger partial charge < -0.3 is 5.43 Å². The molecule has 0 heterocycles. The van der Waals surface area contributed by atoms with Gasteiger partial charge in [0, 0.05) is 7.05 Å². The molecule has 0 amide bonds. The summed E-state index contributed by atoms with van der Waals surface area (Å²) in [4.78, 5) is 0. The zero-order valence-corrected chi connectivity index (χ0v) is 5.94. The Balaban J connectivity index is 2.57. The number of nitrogens with one attached hydrogen (secondary N) is 1. The van der Waals surface area contributed by atoms with Crippen molar-refractivity contribution in [3.63, 3.8) is 0 Å². The molecule has 2 heteroatoms. The van der Waals surface area contributed by atoms with Gasteiger partial charge >= 0.3 is 0 Å². The maximum absolute atomic E-state index is 4.06. The monoisotopic (exact) mass is 124 g/mol. The van der Waals surface area contributed by atoms with Gasteiger partial charge in [0.2, 0.25) is 0 Å². The van der Waals surface area contributed by atoms with Crippen LogP contribution < -0.4 is 5.43 Å². The van der Waals surface area contributed by atoms with Gasteiger partial charge in [-0.1, -0.05) is 5.57 Å². The molecule has 2 nitrogen and oxygen atoms in total. The maximum atomic E-state index is 4.06. The molecule has 0 spiro atoms. The lowest BCUT2D eigenvalue weighted by Gasteiger charge is -1.89. The molecular formula is C7H12N2. The summed E-state index contributed by atoms with van der Waals surface area (Å²) in [6.45, 7) is 2.14. The molecule has 0 saturated carbocycles. The summed E-state index contributed by atoms with van der Waals surface area (Å²) in [6, 6.07) is 0. The minimum Gasteiger partial charge on any atom is -0.313 e. The van der Waals surface area contributed by atoms with Gasteiger partial charge in [0.15, 0.2) is 0 Å². The van der Waals surface area contributed by atoms with E-state index in [1.165, 1.54) is 17.7 Å². The molecule has 0 aliphatic heterocycles. The Morgan fingerprint density at radius 2 is 2.33 bits per heavy atom. The van der Waals surface area contributed by atoms with Crippen LogP contribution in [0.15, 0.2) is 16.8 Å². The van der Waals surface area contributed by atoms with Crippen molar-refractivity contribution in [1.82, 2.24) is 5.43 Å². The molecular weight excluding hydrogens is 112 g/mol. The molecule has 1 N–H and O–H groups in total. The Morgan fingerprint density at radius 1 is 1.56 bits per heavy atom. The van der Waals surface area contributed by atoms with E-state index in [0.717, 1.165) is 6.42 Å². The maximum Gasteiger partial charge on any atom is 0.0605 e. The van der Waals surface area contributed by atoms with Gasteiger partial charge in [-0.2, -0.15) is 5.10 Å². The number of hydrogen-bond donors (Lipinski definition) is 1. The molecule has 9 heavy (non-hydrogen) atoms. The Bertz CT molecular complexity index is 156. The standard InChI is InChI=1S/C7H12N2/c1-6-3-4-7(5-6)9-8-2/h5,8H,3-4H2,1-2H3/b9-7-. The van der Waals surface area contributed by atoms with Crippen molar-refractivity contribution in [3.05, 3.63) is 11.6 Å². The Morgan fingerprint density at radius 3 is 2.78 bits per heavy atom. The number of nitrogens with zero attached hydrogens (tertiary/aromatic N) is 1. The summed E-state index contributed by atoms with van der Waals surface area (Å²) < 4.78 is 0. The van der Waals surface area contributed by atoms with Crippen LogP contribution in [0, 0.1) is 0 Å². The SMILES string of the molecule is CN/N=C1\C=C(C)CC1. The average Bonchev–Trinajstić information content (AvgIpc) is 2.17. The van der Waals surface area contributed by atoms with Crippen molar-refractivity contribution in [2.75, 3.05) is 7.05 Å². The molecule has 0 bridgehead atoms. The highest BCUT2D eigenvalue weighted by Gasteiger charge is 2.04. The molecule has 0 atom stereocenters. The summed E-state index contributed by atoms with van der Waals surface area (Å²) in [7, 11) is 1.83. The predicted molar refractivity (Wildman–Crippen MR) is 39.5 cm³/mol. The number of hydrazone groups is 1. The number of hydrogen-bond acceptors (Lipinski definition) is 2. The first-order valence-corrected chi connectivity index (χ1v) is 3.23. The molecule has 0 aromatic rings. The van der Waals surface area contributed by atoms with E-state index in [2.05, 4.69) is 23.5 Å². The fourth-order valence-corrected chi connectivity index (χ4v) is 0.986. The third-order valence-electron chi connectivity index (χ3n) is 1.44. The van der Waals surface area contributed by atoms with Crippen LogP contribution in [-0.2, 0) is 0 Å². The van der Waals surface area contributed by atoms with Gasteiger partial charge in [-0.25, -0.2) is 0 Å². The highest BCUT2D eigenvalue weighted by molar-refractivity contribution is 5.97. The van der Waals surface area contributed by atoms with Crippen LogP contribution in [-0.4, -0.2) is 12.8 Å². The summed E-state index contributed by atoms with van der Waals surface area (Å²) in [5, 5.41) is 4.06. The van der Waals surface area contributed by atoms with Crippen LogP contribution in [0.4, 0.5) is 0 Å². The lowest BCUT2D eigenvalue weighted by molar-refractivity contribution is 0.892. The van der Waals surface area contributed by atoms with E-state index in [9.17, 15) is 0 Å². The van der Waals surface area contributed by atoms with Crippen LogP contribution >= 0.6 is 0 Å². The lowest BCUT2D eigenvalue weighted by Crippen LogP contribution is -1.99. The first kappa shape index (κ1) is 6.33. The largest absolute Gasteiger partial charge is 0.313 e. The summed E-state index contributed by atoms with van der Waals surface area (Å²) in [5.74, 6) is 0. The van der Waals surface area contributed by atoms with Crippen molar-refractivity contribution in [2.45, 2.75) is 19.8 Å². The van der Waals surface area contributed by atoms with Gasteiger partial charge in [-0.15, -0.1) is 0 Å². The summed E-state index contributed by atoms with van der Waals surface area (Å²) in [5.41, 5.74) is 5.38. The van der Waals surface area contributed by atoms with Crippen molar-refractivity contribution in [1.29, 1.82) is 0 Å². The molecule has 0 fully saturated rings. The molecule has 0 saturated heterocycles. The van der Waals surface area contributed by atoms with Crippen molar-refractivity contribution < 1.29 is 0 Å².